The van der Waals surface area contributed by atoms with Crippen LogP contribution in [-0.2, 0) is 0 Å². The molecule has 0 saturated carbocycles. The Morgan fingerprint density at radius 3 is 2.50 bits per heavy atom. The molecular weight excluding hydrogens is 154 g/mol. The zero-order valence-electron chi connectivity index (χ0n) is 7.56. The molecule has 0 aromatic carbocycles. The molecule has 0 aliphatic carbocycles. The van der Waals surface area contributed by atoms with Crippen LogP contribution in [0.15, 0.2) is 23.9 Å². The summed E-state index contributed by atoms with van der Waals surface area (Å²) < 4.78 is 1.72. The maximum absolute atomic E-state index is 10.6. The quantitative estimate of drug-likeness (QED) is 0.634. The largest absolute Gasteiger partial charge is 0.311 e. The SMILES string of the molecule is CC(C)(C)C(N=O)n1ccnc1. The van der Waals surface area contributed by atoms with Crippen LogP contribution in [0.4, 0.5) is 0 Å². The maximum Gasteiger partial charge on any atom is 0.172 e. The molecule has 4 nitrogen and oxygen atoms in total. The van der Waals surface area contributed by atoms with E-state index in [9.17, 15) is 4.91 Å². The third-order valence-electron chi connectivity index (χ3n) is 1.68. The van der Waals surface area contributed by atoms with Crippen LogP contribution < -0.4 is 0 Å². The number of nitrogens with zero attached hydrogens (tertiary/aromatic N) is 3. The van der Waals surface area contributed by atoms with Crippen LogP contribution in [0.25, 0.3) is 0 Å². The molecule has 4 heteroatoms. The molecule has 0 fully saturated rings. The molecule has 0 saturated heterocycles. The Labute approximate surface area is 71.6 Å². The van der Waals surface area contributed by atoms with Gasteiger partial charge in [-0.1, -0.05) is 20.8 Å². The summed E-state index contributed by atoms with van der Waals surface area (Å²) >= 11 is 0. The molecule has 0 aliphatic rings. The highest BCUT2D eigenvalue weighted by Gasteiger charge is 2.26. The van der Waals surface area contributed by atoms with E-state index in [4.69, 9.17) is 0 Å². The first-order valence-corrected chi connectivity index (χ1v) is 3.85. The van der Waals surface area contributed by atoms with Crippen molar-refractivity contribution in [2.75, 3.05) is 0 Å². The summed E-state index contributed by atoms with van der Waals surface area (Å²) in [6, 6.07) is 0. The molecule has 1 aromatic rings. The molecule has 1 heterocycles. The Hall–Kier alpha value is -1.19. The summed E-state index contributed by atoms with van der Waals surface area (Å²) in [5.74, 6) is 0. The molecule has 1 unspecified atom stereocenters. The van der Waals surface area contributed by atoms with Crippen molar-refractivity contribution in [1.82, 2.24) is 9.55 Å². The van der Waals surface area contributed by atoms with E-state index in [2.05, 4.69) is 10.2 Å². The van der Waals surface area contributed by atoms with Gasteiger partial charge in [0.1, 0.15) is 0 Å². The highest BCUT2D eigenvalue weighted by molar-refractivity contribution is 4.85. The standard InChI is InChI=1S/C8H13N3O/c1-8(2,3)7(10-12)11-5-4-9-6-11/h4-7H,1-3H3. The van der Waals surface area contributed by atoms with E-state index in [1.165, 1.54) is 0 Å². The van der Waals surface area contributed by atoms with E-state index in [1.54, 1.807) is 23.3 Å². The van der Waals surface area contributed by atoms with Crippen LogP contribution in [0.2, 0.25) is 0 Å². The van der Waals surface area contributed by atoms with Crippen molar-refractivity contribution in [3.8, 4) is 0 Å². The normalized spacial score (nSPS) is 14.2. The second-order valence-corrected chi connectivity index (χ2v) is 3.86. The highest BCUT2D eigenvalue weighted by atomic mass is 16.3. The topological polar surface area (TPSA) is 47.2 Å². The van der Waals surface area contributed by atoms with E-state index >= 15 is 0 Å². The van der Waals surface area contributed by atoms with Crippen molar-refractivity contribution >= 4 is 0 Å². The van der Waals surface area contributed by atoms with Gasteiger partial charge in [-0.05, 0) is 5.18 Å². The number of aromatic nitrogens is 2. The van der Waals surface area contributed by atoms with Gasteiger partial charge in [0, 0.05) is 17.8 Å². The number of hydrogen-bond acceptors (Lipinski definition) is 3. The summed E-state index contributed by atoms with van der Waals surface area (Å²) in [6.45, 7) is 5.91. The van der Waals surface area contributed by atoms with Gasteiger partial charge < -0.3 is 4.57 Å². The average molecular weight is 167 g/mol. The Morgan fingerprint density at radius 1 is 1.50 bits per heavy atom. The molecule has 0 radical (unpaired) electrons. The Kier molecular flexibility index (Phi) is 2.26. The van der Waals surface area contributed by atoms with Crippen LogP contribution >= 0.6 is 0 Å². The summed E-state index contributed by atoms with van der Waals surface area (Å²) in [5.41, 5.74) is -0.164. The molecule has 66 valence electrons. The van der Waals surface area contributed by atoms with Crippen molar-refractivity contribution in [2.45, 2.75) is 26.9 Å². The highest BCUT2D eigenvalue weighted by Crippen LogP contribution is 2.30. The van der Waals surface area contributed by atoms with Crippen molar-refractivity contribution < 1.29 is 0 Å². The fourth-order valence-corrected chi connectivity index (χ4v) is 1.07. The minimum absolute atomic E-state index is 0.164. The fraction of sp³-hybridized carbons (Fsp3) is 0.625. The summed E-state index contributed by atoms with van der Waals surface area (Å²) in [6.07, 6.45) is 4.62. The van der Waals surface area contributed by atoms with Crippen LogP contribution in [-0.4, -0.2) is 9.55 Å². The minimum Gasteiger partial charge on any atom is -0.311 e. The van der Waals surface area contributed by atoms with Gasteiger partial charge in [-0.3, -0.25) is 0 Å². The smallest absolute Gasteiger partial charge is 0.172 e. The molecular formula is C8H13N3O. The minimum atomic E-state index is -0.375. The monoisotopic (exact) mass is 167 g/mol. The average Bonchev–Trinajstić information content (AvgIpc) is 2.38. The van der Waals surface area contributed by atoms with E-state index < -0.39 is 0 Å². The fourth-order valence-electron chi connectivity index (χ4n) is 1.07. The Morgan fingerprint density at radius 2 is 2.17 bits per heavy atom. The lowest BCUT2D eigenvalue weighted by Gasteiger charge is -2.24. The van der Waals surface area contributed by atoms with Crippen molar-refractivity contribution in [1.29, 1.82) is 0 Å². The Bertz CT molecular complexity index is 248. The molecule has 0 bridgehead atoms. The first-order valence-electron chi connectivity index (χ1n) is 3.85. The van der Waals surface area contributed by atoms with E-state index in [1.807, 2.05) is 20.8 Å². The molecule has 1 atom stereocenters. The van der Waals surface area contributed by atoms with E-state index in [0.29, 0.717) is 0 Å². The predicted octanol–water partition coefficient (Wildman–Crippen LogP) is 2.19. The zero-order valence-corrected chi connectivity index (χ0v) is 7.56. The summed E-state index contributed by atoms with van der Waals surface area (Å²) in [4.78, 5) is 14.4. The van der Waals surface area contributed by atoms with Crippen LogP contribution in [0, 0.1) is 10.3 Å². The molecule has 0 aliphatic heterocycles. The van der Waals surface area contributed by atoms with Crippen molar-refractivity contribution in [3.63, 3.8) is 0 Å². The molecule has 1 aromatic heterocycles. The van der Waals surface area contributed by atoms with Crippen LogP contribution in [0.5, 0.6) is 0 Å². The first kappa shape index (κ1) is 8.90. The lowest BCUT2D eigenvalue weighted by Crippen LogP contribution is -2.21. The third-order valence-corrected chi connectivity index (χ3v) is 1.68. The van der Waals surface area contributed by atoms with Crippen molar-refractivity contribution in [2.24, 2.45) is 10.6 Å². The number of hydrogen-bond donors (Lipinski definition) is 0. The molecule has 0 spiro atoms. The second-order valence-electron chi connectivity index (χ2n) is 3.86. The zero-order chi connectivity index (χ0) is 9.19. The number of imidazole rings is 1. The number of rotatable bonds is 2. The summed E-state index contributed by atoms with van der Waals surface area (Å²) in [5, 5.41) is 3.07. The van der Waals surface area contributed by atoms with Crippen LogP contribution in [0.1, 0.15) is 26.9 Å². The lowest BCUT2D eigenvalue weighted by molar-refractivity contribution is 0.249. The third kappa shape index (κ3) is 1.69. The number of nitroso groups, excluding NO2 is 1. The van der Waals surface area contributed by atoms with Gasteiger partial charge >= 0.3 is 0 Å². The first-order chi connectivity index (χ1) is 5.55. The predicted molar refractivity (Wildman–Crippen MR) is 46.5 cm³/mol. The summed E-state index contributed by atoms with van der Waals surface area (Å²) in [7, 11) is 0. The molecule has 0 N–H and O–H groups in total. The van der Waals surface area contributed by atoms with Gasteiger partial charge in [0.25, 0.3) is 0 Å². The molecule has 0 amide bonds. The maximum atomic E-state index is 10.6. The van der Waals surface area contributed by atoms with Gasteiger partial charge in [0.15, 0.2) is 6.17 Å². The van der Waals surface area contributed by atoms with Gasteiger partial charge in [0.05, 0.1) is 6.33 Å². The van der Waals surface area contributed by atoms with E-state index in [0.717, 1.165) is 0 Å². The van der Waals surface area contributed by atoms with Gasteiger partial charge in [-0.2, -0.15) is 0 Å². The van der Waals surface area contributed by atoms with Crippen molar-refractivity contribution in [3.05, 3.63) is 23.6 Å². The van der Waals surface area contributed by atoms with Gasteiger partial charge in [-0.25, -0.2) is 4.98 Å². The van der Waals surface area contributed by atoms with Crippen LogP contribution in [0.3, 0.4) is 0 Å². The molecule has 12 heavy (non-hydrogen) atoms. The Balaban J connectivity index is 2.91. The lowest BCUT2D eigenvalue weighted by atomic mass is 9.93. The second kappa shape index (κ2) is 3.05. The van der Waals surface area contributed by atoms with Gasteiger partial charge in [-0.15, -0.1) is 4.91 Å². The van der Waals surface area contributed by atoms with E-state index in [-0.39, 0.29) is 11.6 Å². The molecule has 1 rings (SSSR count). The van der Waals surface area contributed by atoms with Gasteiger partial charge in [0.2, 0.25) is 0 Å².